The second-order valence-electron chi connectivity index (χ2n) is 6.68. The second-order valence-corrected chi connectivity index (χ2v) is 7.08. The Morgan fingerprint density at radius 1 is 1.19 bits per heavy atom. The maximum absolute atomic E-state index is 13.9. The van der Waals surface area contributed by atoms with Crippen molar-refractivity contribution < 1.29 is 4.39 Å². The van der Waals surface area contributed by atoms with Gasteiger partial charge in [-0.25, -0.2) is 9.37 Å². The Morgan fingerprint density at radius 3 is 2.59 bits per heavy atom. The minimum absolute atomic E-state index is 0.0627. The average Bonchev–Trinajstić information content (AvgIpc) is 3.06. The van der Waals surface area contributed by atoms with Crippen LogP contribution >= 0.6 is 11.6 Å². The zero-order valence-electron chi connectivity index (χ0n) is 14.7. The van der Waals surface area contributed by atoms with Gasteiger partial charge < -0.3 is 16.4 Å². The van der Waals surface area contributed by atoms with Gasteiger partial charge >= 0.3 is 0 Å². The lowest BCUT2D eigenvalue weighted by Gasteiger charge is -2.23. The fraction of sp³-hybridized carbons (Fsp3) is 0.333. The summed E-state index contributed by atoms with van der Waals surface area (Å²) in [4.78, 5) is 19.0. The molecule has 2 atom stereocenters. The van der Waals surface area contributed by atoms with Crippen molar-refractivity contribution in [1.29, 1.82) is 0 Å². The van der Waals surface area contributed by atoms with Crippen molar-refractivity contribution >= 4 is 40.2 Å². The highest BCUT2D eigenvalue weighted by Gasteiger charge is 2.28. The fourth-order valence-electron chi connectivity index (χ4n) is 3.41. The van der Waals surface area contributed by atoms with Gasteiger partial charge in [0.2, 0.25) is 11.9 Å². The molecule has 0 bridgehead atoms. The predicted octanol–water partition coefficient (Wildman–Crippen LogP) is 2.94. The normalized spacial score (nSPS) is 18.2. The van der Waals surface area contributed by atoms with Gasteiger partial charge in [-0.05, 0) is 18.6 Å². The molecule has 3 aromatic rings. The number of rotatable bonds is 3. The standard InChI is InChI=1S/C18H19ClFN7/c1-9(15-24-17(21)26-18(22)25-15)12-7-10-3-2-4-13(19)14(10)23-16(12)27-6-5-11(20)8-27/h2-4,7,9,11H,5-6,8H2,1H3,(H4,21,22,24,25,26)/t9-,11?/m0/s1. The first-order valence-electron chi connectivity index (χ1n) is 8.67. The number of para-hydroxylation sites is 1. The Morgan fingerprint density at radius 2 is 1.93 bits per heavy atom. The second kappa shape index (κ2) is 6.77. The van der Waals surface area contributed by atoms with Crippen LogP contribution in [0.2, 0.25) is 5.02 Å². The van der Waals surface area contributed by atoms with Crippen LogP contribution in [0.3, 0.4) is 0 Å². The Kier molecular flexibility index (Phi) is 4.43. The summed E-state index contributed by atoms with van der Waals surface area (Å²) in [7, 11) is 0. The summed E-state index contributed by atoms with van der Waals surface area (Å²) in [5.41, 5.74) is 13.0. The number of aromatic nitrogens is 4. The lowest BCUT2D eigenvalue weighted by molar-refractivity contribution is 0.364. The third-order valence-corrected chi connectivity index (χ3v) is 5.08. The largest absolute Gasteiger partial charge is 0.368 e. The van der Waals surface area contributed by atoms with Crippen molar-refractivity contribution in [3.8, 4) is 0 Å². The van der Waals surface area contributed by atoms with E-state index in [1.54, 1.807) is 6.07 Å². The molecular formula is C18H19ClFN7. The Bertz CT molecular complexity index is 992. The molecule has 1 unspecified atom stereocenters. The quantitative estimate of drug-likeness (QED) is 0.711. The number of fused-ring (bicyclic) bond motifs is 1. The number of halogens is 2. The van der Waals surface area contributed by atoms with E-state index in [1.807, 2.05) is 30.0 Å². The number of nitrogen functional groups attached to an aromatic ring is 2. The Hall–Kier alpha value is -2.74. The molecule has 1 aliphatic heterocycles. The Labute approximate surface area is 160 Å². The summed E-state index contributed by atoms with van der Waals surface area (Å²) in [6.45, 7) is 2.82. The fourth-order valence-corrected chi connectivity index (χ4v) is 3.63. The van der Waals surface area contributed by atoms with E-state index in [0.717, 1.165) is 10.9 Å². The van der Waals surface area contributed by atoms with E-state index >= 15 is 0 Å². The number of anilines is 3. The number of hydrogen-bond donors (Lipinski definition) is 2. The molecule has 0 saturated carbocycles. The highest BCUT2D eigenvalue weighted by atomic mass is 35.5. The summed E-state index contributed by atoms with van der Waals surface area (Å²) in [5, 5.41) is 1.44. The van der Waals surface area contributed by atoms with Gasteiger partial charge in [0.25, 0.3) is 0 Å². The zero-order valence-corrected chi connectivity index (χ0v) is 15.5. The number of nitrogens with zero attached hydrogens (tertiary/aromatic N) is 5. The summed E-state index contributed by atoms with van der Waals surface area (Å²) < 4.78 is 13.9. The Balaban J connectivity index is 1.89. The molecular weight excluding hydrogens is 369 g/mol. The first-order chi connectivity index (χ1) is 12.9. The summed E-state index contributed by atoms with van der Waals surface area (Å²) in [6, 6.07) is 7.59. The third kappa shape index (κ3) is 3.32. The van der Waals surface area contributed by atoms with E-state index in [1.165, 1.54) is 0 Å². The van der Waals surface area contributed by atoms with Gasteiger partial charge in [0.15, 0.2) is 0 Å². The van der Waals surface area contributed by atoms with E-state index in [2.05, 4.69) is 15.0 Å². The van der Waals surface area contributed by atoms with Gasteiger partial charge in [-0.2, -0.15) is 15.0 Å². The monoisotopic (exact) mass is 387 g/mol. The lowest BCUT2D eigenvalue weighted by Crippen LogP contribution is -2.24. The van der Waals surface area contributed by atoms with E-state index < -0.39 is 6.17 Å². The van der Waals surface area contributed by atoms with Gasteiger partial charge in [-0.15, -0.1) is 0 Å². The minimum atomic E-state index is -0.875. The molecule has 3 heterocycles. The van der Waals surface area contributed by atoms with Crippen LogP contribution in [0.1, 0.15) is 30.7 Å². The SMILES string of the molecule is C[C@H](c1nc(N)nc(N)n1)c1cc2cccc(Cl)c2nc1N1CCC(F)C1. The van der Waals surface area contributed by atoms with E-state index in [0.29, 0.717) is 41.7 Å². The molecule has 27 heavy (non-hydrogen) atoms. The molecule has 0 spiro atoms. The van der Waals surface area contributed by atoms with Crippen molar-refractivity contribution in [3.63, 3.8) is 0 Å². The van der Waals surface area contributed by atoms with E-state index in [4.69, 9.17) is 28.1 Å². The molecule has 1 fully saturated rings. The van der Waals surface area contributed by atoms with Gasteiger partial charge in [-0.3, -0.25) is 0 Å². The molecule has 0 amide bonds. The van der Waals surface area contributed by atoms with Crippen LogP contribution < -0.4 is 16.4 Å². The maximum atomic E-state index is 13.9. The average molecular weight is 388 g/mol. The molecule has 1 aliphatic rings. The van der Waals surface area contributed by atoms with Gasteiger partial charge in [0.1, 0.15) is 17.8 Å². The highest BCUT2D eigenvalue weighted by molar-refractivity contribution is 6.35. The van der Waals surface area contributed by atoms with Crippen LogP contribution in [0.25, 0.3) is 10.9 Å². The smallest absolute Gasteiger partial charge is 0.225 e. The van der Waals surface area contributed by atoms with Crippen molar-refractivity contribution in [1.82, 2.24) is 19.9 Å². The number of pyridine rings is 1. The first-order valence-corrected chi connectivity index (χ1v) is 9.05. The van der Waals surface area contributed by atoms with Crippen molar-refractivity contribution in [2.75, 3.05) is 29.5 Å². The molecule has 1 saturated heterocycles. The number of nitrogens with two attached hydrogens (primary N) is 2. The molecule has 0 radical (unpaired) electrons. The van der Waals surface area contributed by atoms with Crippen molar-refractivity contribution in [2.45, 2.75) is 25.4 Å². The topological polar surface area (TPSA) is 107 Å². The molecule has 2 aromatic heterocycles. The maximum Gasteiger partial charge on any atom is 0.225 e. The molecule has 4 rings (SSSR count). The third-order valence-electron chi connectivity index (χ3n) is 4.78. The summed E-state index contributed by atoms with van der Waals surface area (Å²) >= 11 is 6.33. The van der Waals surface area contributed by atoms with Crippen LogP contribution in [0.15, 0.2) is 24.3 Å². The molecule has 0 aliphatic carbocycles. The van der Waals surface area contributed by atoms with E-state index in [9.17, 15) is 4.39 Å². The molecule has 140 valence electrons. The van der Waals surface area contributed by atoms with Gasteiger partial charge in [0.05, 0.1) is 17.1 Å². The zero-order chi connectivity index (χ0) is 19.1. The number of alkyl halides is 1. The van der Waals surface area contributed by atoms with Crippen LogP contribution in [0.4, 0.5) is 22.1 Å². The predicted molar refractivity (Wildman–Crippen MR) is 105 cm³/mol. The van der Waals surface area contributed by atoms with Crippen LogP contribution in [0.5, 0.6) is 0 Å². The molecule has 7 nitrogen and oxygen atoms in total. The van der Waals surface area contributed by atoms with Crippen LogP contribution in [-0.4, -0.2) is 39.2 Å². The number of benzene rings is 1. The highest BCUT2D eigenvalue weighted by Crippen LogP contribution is 2.36. The molecule has 9 heteroatoms. The summed E-state index contributed by atoms with van der Waals surface area (Å²) in [6.07, 6.45) is -0.401. The lowest BCUT2D eigenvalue weighted by atomic mass is 9.98. The molecule has 1 aromatic carbocycles. The van der Waals surface area contributed by atoms with Gasteiger partial charge in [-0.1, -0.05) is 30.7 Å². The van der Waals surface area contributed by atoms with Crippen LogP contribution in [0, 0.1) is 0 Å². The van der Waals surface area contributed by atoms with Crippen molar-refractivity contribution in [2.24, 2.45) is 0 Å². The minimum Gasteiger partial charge on any atom is -0.368 e. The molecule has 4 N–H and O–H groups in total. The first kappa shape index (κ1) is 17.7. The summed E-state index contributed by atoms with van der Waals surface area (Å²) in [5.74, 6) is 0.990. The van der Waals surface area contributed by atoms with E-state index in [-0.39, 0.29) is 17.8 Å². The van der Waals surface area contributed by atoms with Crippen LogP contribution in [-0.2, 0) is 0 Å². The van der Waals surface area contributed by atoms with Crippen molar-refractivity contribution in [3.05, 3.63) is 40.7 Å². The van der Waals surface area contributed by atoms with Gasteiger partial charge in [0, 0.05) is 23.4 Å². The number of hydrogen-bond acceptors (Lipinski definition) is 7.